The highest BCUT2D eigenvalue weighted by atomic mass is 127. The van der Waals surface area contributed by atoms with Crippen molar-refractivity contribution in [2.75, 3.05) is 4.90 Å². The van der Waals surface area contributed by atoms with Crippen molar-refractivity contribution >= 4 is 40.2 Å². The van der Waals surface area contributed by atoms with Gasteiger partial charge in [-0.05, 0) is 54.6 Å². The summed E-state index contributed by atoms with van der Waals surface area (Å²) in [4.78, 5) is 24.9. The number of carbonyl (C=O) groups is 2. The van der Waals surface area contributed by atoms with Crippen molar-refractivity contribution in [3.8, 4) is 0 Å². The molecule has 4 nitrogen and oxygen atoms in total. The van der Waals surface area contributed by atoms with Gasteiger partial charge in [0.15, 0.2) is 0 Å². The molecular weight excluding hydrogens is 319 g/mol. The molecule has 3 amide bonds. The first-order valence-electron chi connectivity index (χ1n) is 4.84. The summed E-state index contributed by atoms with van der Waals surface area (Å²) in [6.07, 6.45) is 0. The minimum atomic E-state index is -0.821. The van der Waals surface area contributed by atoms with Gasteiger partial charge < -0.3 is 5.32 Å². The molecular formula is C11H11IN2O2. The zero-order valence-corrected chi connectivity index (χ0v) is 11.1. The summed E-state index contributed by atoms with van der Waals surface area (Å²) < 4.78 is 0.986. The maximum absolute atomic E-state index is 12.0. The highest BCUT2D eigenvalue weighted by Crippen LogP contribution is 2.25. The van der Waals surface area contributed by atoms with E-state index in [9.17, 15) is 9.59 Å². The average molecular weight is 330 g/mol. The van der Waals surface area contributed by atoms with Gasteiger partial charge in [0.05, 0.1) is 5.69 Å². The highest BCUT2D eigenvalue weighted by Gasteiger charge is 2.44. The first-order chi connectivity index (χ1) is 7.42. The van der Waals surface area contributed by atoms with Gasteiger partial charge in [-0.1, -0.05) is 6.07 Å². The average Bonchev–Trinajstić information content (AvgIpc) is 2.36. The van der Waals surface area contributed by atoms with E-state index < -0.39 is 5.54 Å². The zero-order valence-electron chi connectivity index (χ0n) is 8.95. The van der Waals surface area contributed by atoms with Crippen molar-refractivity contribution in [3.05, 3.63) is 27.8 Å². The molecule has 1 heterocycles. The molecule has 1 aromatic rings. The number of carbonyl (C=O) groups excluding carboxylic acids is 2. The number of nitrogens with one attached hydrogen (secondary N) is 1. The molecule has 0 radical (unpaired) electrons. The molecule has 1 aliphatic rings. The molecule has 0 spiro atoms. The van der Waals surface area contributed by atoms with Gasteiger partial charge in [-0.15, -0.1) is 0 Å². The van der Waals surface area contributed by atoms with Gasteiger partial charge in [-0.2, -0.15) is 0 Å². The lowest BCUT2D eigenvalue weighted by molar-refractivity contribution is -0.120. The predicted molar refractivity (Wildman–Crippen MR) is 69.3 cm³/mol. The third-order valence-corrected chi connectivity index (χ3v) is 3.10. The molecule has 2 rings (SSSR count). The van der Waals surface area contributed by atoms with E-state index in [1.807, 2.05) is 12.1 Å². The first-order valence-corrected chi connectivity index (χ1v) is 5.92. The quantitative estimate of drug-likeness (QED) is 0.633. The van der Waals surface area contributed by atoms with Gasteiger partial charge in [0, 0.05) is 3.57 Å². The van der Waals surface area contributed by atoms with Crippen LogP contribution in [0, 0.1) is 3.57 Å². The minimum Gasteiger partial charge on any atom is -0.323 e. The van der Waals surface area contributed by atoms with E-state index in [0.717, 1.165) is 3.57 Å². The summed E-state index contributed by atoms with van der Waals surface area (Å²) in [5.41, 5.74) is -0.210. The molecule has 1 N–H and O–H groups in total. The van der Waals surface area contributed by atoms with Crippen molar-refractivity contribution in [1.82, 2.24) is 5.32 Å². The van der Waals surface area contributed by atoms with Crippen LogP contribution in [0.25, 0.3) is 0 Å². The standard InChI is InChI=1S/C11H11IN2O2/c1-11(2)9(15)14(10(16)13-11)8-5-3-4-7(12)6-8/h3-6H,1-2H3,(H,13,16). The number of hydrogen-bond donors (Lipinski definition) is 1. The number of urea groups is 1. The van der Waals surface area contributed by atoms with Crippen LogP contribution in [-0.2, 0) is 4.79 Å². The van der Waals surface area contributed by atoms with Gasteiger partial charge in [-0.3, -0.25) is 4.79 Å². The Morgan fingerprint density at radius 3 is 2.50 bits per heavy atom. The third-order valence-electron chi connectivity index (χ3n) is 2.43. The van der Waals surface area contributed by atoms with Crippen LogP contribution in [0.5, 0.6) is 0 Å². The molecule has 1 saturated heterocycles. The number of rotatable bonds is 1. The fraction of sp³-hybridized carbons (Fsp3) is 0.273. The lowest BCUT2D eigenvalue weighted by atomic mass is 10.1. The van der Waals surface area contributed by atoms with Gasteiger partial charge >= 0.3 is 6.03 Å². The van der Waals surface area contributed by atoms with E-state index in [-0.39, 0.29) is 11.9 Å². The Kier molecular flexibility index (Phi) is 2.65. The zero-order chi connectivity index (χ0) is 11.9. The monoisotopic (exact) mass is 330 g/mol. The molecule has 0 bridgehead atoms. The second kappa shape index (κ2) is 3.73. The molecule has 5 heteroatoms. The van der Waals surface area contributed by atoms with Gasteiger partial charge in [0.25, 0.3) is 5.91 Å². The second-order valence-electron chi connectivity index (χ2n) is 4.18. The van der Waals surface area contributed by atoms with Gasteiger partial charge in [-0.25, -0.2) is 9.69 Å². The SMILES string of the molecule is CC1(C)NC(=O)N(c2cccc(I)c2)C1=O. The van der Waals surface area contributed by atoms with E-state index in [1.165, 1.54) is 4.90 Å². The van der Waals surface area contributed by atoms with Crippen LogP contribution in [-0.4, -0.2) is 17.5 Å². The smallest absolute Gasteiger partial charge is 0.323 e. The van der Waals surface area contributed by atoms with E-state index in [0.29, 0.717) is 5.69 Å². The number of imide groups is 1. The predicted octanol–water partition coefficient (Wildman–Crippen LogP) is 2.13. The Morgan fingerprint density at radius 2 is 2.00 bits per heavy atom. The second-order valence-corrected chi connectivity index (χ2v) is 5.42. The molecule has 84 valence electrons. The van der Waals surface area contributed by atoms with Crippen molar-refractivity contribution in [2.24, 2.45) is 0 Å². The molecule has 16 heavy (non-hydrogen) atoms. The summed E-state index contributed by atoms with van der Waals surface area (Å²) in [6, 6.07) is 6.92. The lowest BCUT2D eigenvalue weighted by Crippen LogP contribution is -2.40. The summed E-state index contributed by atoms with van der Waals surface area (Å²) in [5.74, 6) is -0.223. The molecule has 0 saturated carbocycles. The Morgan fingerprint density at radius 1 is 1.31 bits per heavy atom. The largest absolute Gasteiger partial charge is 0.329 e. The molecule has 1 aliphatic heterocycles. The van der Waals surface area contributed by atoms with E-state index in [1.54, 1.807) is 26.0 Å². The normalized spacial score (nSPS) is 18.8. The first kappa shape index (κ1) is 11.4. The van der Waals surface area contributed by atoms with E-state index >= 15 is 0 Å². The minimum absolute atomic E-state index is 0.223. The van der Waals surface area contributed by atoms with Crippen LogP contribution in [0.15, 0.2) is 24.3 Å². The van der Waals surface area contributed by atoms with Crippen LogP contribution in [0.3, 0.4) is 0 Å². The van der Waals surface area contributed by atoms with Crippen molar-refractivity contribution in [3.63, 3.8) is 0 Å². The molecule has 0 aliphatic carbocycles. The maximum atomic E-state index is 12.0. The Hall–Kier alpha value is -1.11. The number of hydrogen-bond acceptors (Lipinski definition) is 2. The fourth-order valence-electron chi connectivity index (χ4n) is 1.60. The van der Waals surface area contributed by atoms with Crippen molar-refractivity contribution in [1.29, 1.82) is 0 Å². The maximum Gasteiger partial charge on any atom is 0.329 e. The van der Waals surface area contributed by atoms with Crippen molar-refractivity contribution in [2.45, 2.75) is 19.4 Å². The topological polar surface area (TPSA) is 49.4 Å². The molecule has 0 unspecified atom stereocenters. The van der Waals surface area contributed by atoms with Crippen molar-refractivity contribution < 1.29 is 9.59 Å². The van der Waals surface area contributed by atoms with Gasteiger partial charge in [0.2, 0.25) is 0 Å². The van der Waals surface area contributed by atoms with Crippen LogP contribution in [0.4, 0.5) is 10.5 Å². The number of halogens is 1. The molecule has 1 aromatic carbocycles. The third kappa shape index (κ3) is 1.79. The van der Waals surface area contributed by atoms with Crippen LogP contribution < -0.4 is 10.2 Å². The summed E-state index contributed by atoms with van der Waals surface area (Å²) in [7, 11) is 0. The van der Waals surface area contributed by atoms with Crippen LogP contribution in [0.2, 0.25) is 0 Å². The molecule has 0 aromatic heterocycles. The number of anilines is 1. The molecule has 1 fully saturated rings. The Bertz CT molecular complexity index is 471. The molecule has 0 atom stereocenters. The number of amides is 3. The van der Waals surface area contributed by atoms with Crippen LogP contribution in [0.1, 0.15) is 13.8 Å². The number of nitrogens with zero attached hydrogens (tertiary/aromatic N) is 1. The number of benzene rings is 1. The fourth-order valence-corrected chi connectivity index (χ4v) is 2.12. The Labute approximate surface area is 107 Å². The summed E-state index contributed by atoms with van der Waals surface area (Å²) >= 11 is 2.15. The Balaban J connectivity index is 2.43. The highest BCUT2D eigenvalue weighted by molar-refractivity contribution is 14.1. The van der Waals surface area contributed by atoms with E-state index in [2.05, 4.69) is 27.9 Å². The summed E-state index contributed by atoms with van der Waals surface area (Å²) in [5, 5.41) is 2.65. The van der Waals surface area contributed by atoms with Gasteiger partial charge in [0.1, 0.15) is 5.54 Å². The van der Waals surface area contributed by atoms with Crippen LogP contribution >= 0.6 is 22.6 Å². The van der Waals surface area contributed by atoms with E-state index in [4.69, 9.17) is 0 Å². The summed E-state index contributed by atoms with van der Waals surface area (Å²) in [6.45, 7) is 3.39. The lowest BCUT2D eigenvalue weighted by Gasteiger charge is -2.16.